The van der Waals surface area contributed by atoms with E-state index in [0.29, 0.717) is 17.9 Å². The minimum absolute atomic E-state index is 0.411. The maximum atomic E-state index is 12.4. The number of rotatable bonds is 3. The second-order valence-electron chi connectivity index (χ2n) is 4.59. The van der Waals surface area contributed by atoms with E-state index in [2.05, 4.69) is 16.4 Å². The average molecular weight is 294 g/mol. The van der Waals surface area contributed by atoms with Crippen LogP contribution >= 0.6 is 0 Å². The fraction of sp³-hybridized carbons (Fsp3) is 0.286. The van der Waals surface area contributed by atoms with Crippen LogP contribution in [0.25, 0.3) is 0 Å². The monoisotopic (exact) mass is 294 g/mol. The van der Waals surface area contributed by atoms with E-state index in [-0.39, 0.29) is 0 Å². The Labute approximate surface area is 119 Å². The first-order valence-electron chi connectivity index (χ1n) is 6.15. The van der Waals surface area contributed by atoms with Crippen LogP contribution in [0.3, 0.4) is 0 Å². The van der Waals surface area contributed by atoms with Gasteiger partial charge in [0.25, 0.3) is 0 Å². The Bertz CT molecular complexity index is 678. The summed E-state index contributed by atoms with van der Waals surface area (Å²) in [6.07, 6.45) is -3.29. The highest BCUT2D eigenvalue weighted by Gasteiger charge is 2.31. The first-order valence-corrected chi connectivity index (χ1v) is 6.15. The Kier molecular flexibility index (Phi) is 3.89. The third-order valence-electron chi connectivity index (χ3n) is 3.29. The topological polar surface area (TPSA) is 53.6 Å². The third kappa shape index (κ3) is 3.16. The molecule has 0 saturated carbocycles. The molecule has 21 heavy (non-hydrogen) atoms. The molecule has 0 aliphatic carbocycles. The second-order valence-corrected chi connectivity index (χ2v) is 4.59. The molecule has 0 fully saturated rings. The Morgan fingerprint density at radius 1 is 1.38 bits per heavy atom. The largest absolute Gasteiger partial charge is 0.433 e. The standard InChI is InChI=1S/C14H13F3N4/c1-9-10(5-12(6-18)21(9)2)7-19-11-3-4-13(20-8-11)14(15,16)17/h3-5,8,19H,7H2,1-2H3. The van der Waals surface area contributed by atoms with Gasteiger partial charge < -0.3 is 9.88 Å². The molecule has 110 valence electrons. The van der Waals surface area contributed by atoms with E-state index in [4.69, 9.17) is 5.26 Å². The van der Waals surface area contributed by atoms with E-state index in [1.54, 1.807) is 17.7 Å². The summed E-state index contributed by atoms with van der Waals surface area (Å²) in [4.78, 5) is 3.38. The highest BCUT2D eigenvalue weighted by Crippen LogP contribution is 2.27. The van der Waals surface area contributed by atoms with Gasteiger partial charge in [-0.15, -0.1) is 0 Å². The van der Waals surface area contributed by atoms with Gasteiger partial charge in [-0.1, -0.05) is 0 Å². The lowest BCUT2D eigenvalue weighted by Gasteiger charge is -2.09. The van der Waals surface area contributed by atoms with Crippen molar-refractivity contribution in [2.75, 3.05) is 5.32 Å². The molecule has 0 aliphatic rings. The van der Waals surface area contributed by atoms with Gasteiger partial charge in [0.05, 0.1) is 11.9 Å². The number of pyridine rings is 1. The predicted octanol–water partition coefficient (Wildman–Crippen LogP) is 3.23. The summed E-state index contributed by atoms with van der Waals surface area (Å²) in [5.41, 5.74) is 1.95. The molecular weight excluding hydrogens is 281 g/mol. The number of nitriles is 1. The van der Waals surface area contributed by atoms with Crippen molar-refractivity contribution in [3.8, 4) is 6.07 Å². The van der Waals surface area contributed by atoms with Crippen molar-refractivity contribution in [3.63, 3.8) is 0 Å². The van der Waals surface area contributed by atoms with Crippen molar-refractivity contribution in [2.24, 2.45) is 7.05 Å². The second kappa shape index (κ2) is 5.48. The predicted molar refractivity (Wildman–Crippen MR) is 71.4 cm³/mol. The molecule has 0 bridgehead atoms. The van der Waals surface area contributed by atoms with Gasteiger partial charge in [-0.05, 0) is 30.7 Å². The van der Waals surface area contributed by atoms with Crippen LogP contribution in [0.5, 0.6) is 0 Å². The number of nitrogens with zero attached hydrogens (tertiary/aromatic N) is 3. The quantitative estimate of drug-likeness (QED) is 0.945. The van der Waals surface area contributed by atoms with E-state index in [1.165, 1.54) is 6.07 Å². The number of hydrogen-bond donors (Lipinski definition) is 1. The fourth-order valence-electron chi connectivity index (χ4n) is 1.91. The van der Waals surface area contributed by atoms with Gasteiger partial charge in [0.1, 0.15) is 17.5 Å². The van der Waals surface area contributed by atoms with Gasteiger partial charge in [-0.25, -0.2) is 4.98 Å². The summed E-state index contributed by atoms with van der Waals surface area (Å²) >= 11 is 0. The molecule has 2 aromatic heterocycles. The van der Waals surface area contributed by atoms with Crippen molar-refractivity contribution >= 4 is 5.69 Å². The zero-order chi connectivity index (χ0) is 15.6. The molecule has 2 heterocycles. The first-order chi connectivity index (χ1) is 9.82. The molecule has 0 radical (unpaired) electrons. The highest BCUT2D eigenvalue weighted by molar-refractivity contribution is 5.43. The lowest BCUT2D eigenvalue weighted by atomic mass is 10.2. The van der Waals surface area contributed by atoms with Crippen molar-refractivity contribution in [1.82, 2.24) is 9.55 Å². The number of nitrogens with one attached hydrogen (secondary N) is 1. The Morgan fingerprint density at radius 2 is 2.10 bits per heavy atom. The van der Waals surface area contributed by atoms with E-state index >= 15 is 0 Å². The van der Waals surface area contributed by atoms with Crippen molar-refractivity contribution in [2.45, 2.75) is 19.6 Å². The maximum Gasteiger partial charge on any atom is 0.433 e. The SMILES string of the molecule is Cc1c(CNc2ccc(C(F)(F)F)nc2)cc(C#N)n1C. The molecule has 0 unspecified atom stereocenters. The number of alkyl halides is 3. The smallest absolute Gasteiger partial charge is 0.380 e. The molecule has 0 atom stereocenters. The van der Waals surface area contributed by atoms with Crippen LogP contribution in [0.4, 0.5) is 18.9 Å². The molecule has 0 spiro atoms. The summed E-state index contributed by atoms with van der Waals surface area (Å²) < 4.78 is 38.9. The zero-order valence-electron chi connectivity index (χ0n) is 11.5. The van der Waals surface area contributed by atoms with E-state index < -0.39 is 11.9 Å². The van der Waals surface area contributed by atoms with Crippen molar-refractivity contribution < 1.29 is 13.2 Å². The van der Waals surface area contributed by atoms with Crippen LogP contribution in [-0.4, -0.2) is 9.55 Å². The molecule has 0 aliphatic heterocycles. The van der Waals surface area contributed by atoms with E-state index in [1.807, 2.05) is 6.92 Å². The van der Waals surface area contributed by atoms with Crippen molar-refractivity contribution in [3.05, 3.63) is 47.0 Å². The van der Waals surface area contributed by atoms with Gasteiger partial charge in [-0.3, -0.25) is 0 Å². The molecule has 0 aromatic carbocycles. The number of aromatic nitrogens is 2. The average Bonchev–Trinajstić information content (AvgIpc) is 2.72. The van der Waals surface area contributed by atoms with Crippen LogP contribution in [-0.2, 0) is 19.8 Å². The Balaban J connectivity index is 2.09. The number of anilines is 1. The third-order valence-corrected chi connectivity index (χ3v) is 3.29. The van der Waals surface area contributed by atoms with Crippen LogP contribution in [0, 0.1) is 18.3 Å². The summed E-state index contributed by atoms with van der Waals surface area (Å²) in [5, 5.41) is 11.9. The van der Waals surface area contributed by atoms with E-state index in [0.717, 1.165) is 23.5 Å². The van der Waals surface area contributed by atoms with Gasteiger partial charge in [-0.2, -0.15) is 18.4 Å². The van der Waals surface area contributed by atoms with Crippen LogP contribution < -0.4 is 5.32 Å². The summed E-state index contributed by atoms with van der Waals surface area (Å²) in [6, 6.07) is 6.09. The molecular formula is C14H13F3N4. The van der Waals surface area contributed by atoms with Gasteiger partial charge in [0.15, 0.2) is 0 Å². The summed E-state index contributed by atoms with van der Waals surface area (Å²) in [6.45, 7) is 2.29. The first kappa shape index (κ1) is 14.9. The molecule has 7 heteroatoms. The summed E-state index contributed by atoms with van der Waals surface area (Å²) in [5.74, 6) is 0. The normalized spacial score (nSPS) is 11.2. The van der Waals surface area contributed by atoms with Gasteiger partial charge >= 0.3 is 6.18 Å². The molecule has 2 rings (SSSR count). The Morgan fingerprint density at radius 3 is 2.57 bits per heavy atom. The molecule has 4 nitrogen and oxygen atoms in total. The van der Waals surface area contributed by atoms with Crippen LogP contribution in [0.2, 0.25) is 0 Å². The molecule has 0 amide bonds. The molecule has 2 aromatic rings. The lowest BCUT2D eigenvalue weighted by molar-refractivity contribution is -0.141. The number of hydrogen-bond acceptors (Lipinski definition) is 3. The molecule has 0 saturated heterocycles. The zero-order valence-corrected chi connectivity index (χ0v) is 11.5. The van der Waals surface area contributed by atoms with Gasteiger partial charge in [0, 0.05) is 19.3 Å². The minimum atomic E-state index is -4.43. The summed E-state index contributed by atoms with van der Waals surface area (Å²) in [7, 11) is 1.79. The lowest BCUT2D eigenvalue weighted by Crippen LogP contribution is -2.08. The maximum absolute atomic E-state index is 12.4. The van der Waals surface area contributed by atoms with Gasteiger partial charge in [0.2, 0.25) is 0 Å². The fourth-order valence-corrected chi connectivity index (χ4v) is 1.91. The minimum Gasteiger partial charge on any atom is -0.380 e. The van der Waals surface area contributed by atoms with Crippen LogP contribution in [0.15, 0.2) is 24.4 Å². The van der Waals surface area contributed by atoms with E-state index in [9.17, 15) is 13.2 Å². The Hall–Kier alpha value is -2.49. The number of halogens is 3. The van der Waals surface area contributed by atoms with Crippen molar-refractivity contribution in [1.29, 1.82) is 5.26 Å². The highest BCUT2D eigenvalue weighted by atomic mass is 19.4. The molecule has 1 N–H and O–H groups in total. The van der Waals surface area contributed by atoms with Crippen LogP contribution in [0.1, 0.15) is 22.6 Å².